The second-order valence-electron chi connectivity index (χ2n) is 4.92. The number of aromatic nitrogens is 2. The molecule has 0 radical (unpaired) electrons. The molecule has 0 unspecified atom stereocenters. The summed E-state index contributed by atoms with van der Waals surface area (Å²) in [4.78, 5) is 11.9. The van der Waals surface area contributed by atoms with Crippen LogP contribution in [-0.2, 0) is 17.0 Å². The molecule has 0 fully saturated rings. The molecule has 0 saturated heterocycles. The Bertz CT molecular complexity index is 788. The summed E-state index contributed by atoms with van der Waals surface area (Å²) in [5, 5.41) is 11.2. The zero-order valence-corrected chi connectivity index (χ0v) is 14.2. The second kappa shape index (κ2) is 8.07. The summed E-state index contributed by atoms with van der Waals surface area (Å²) < 4.78 is 18.8. The lowest BCUT2D eigenvalue weighted by Crippen LogP contribution is -2.11. The van der Waals surface area contributed by atoms with Gasteiger partial charge in [0.1, 0.15) is 11.6 Å². The third-order valence-corrected chi connectivity index (χ3v) is 5.15. The van der Waals surface area contributed by atoms with Crippen molar-refractivity contribution in [3.05, 3.63) is 59.8 Å². The first kappa shape index (κ1) is 16.7. The van der Waals surface area contributed by atoms with E-state index in [2.05, 4.69) is 15.5 Å². The van der Waals surface area contributed by atoms with E-state index in [-0.39, 0.29) is 11.7 Å². The number of nitrogens with one attached hydrogen (secondary N) is 1. The Balaban J connectivity index is 1.46. The number of aryl methyl sites for hydroxylation is 1. The number of amides is 1. The molecule has 0 aliphatic heterocycles. The van der Waals surface area contributed by atoms with Crippen molar-refractivity contribution >= 4 is 34.1 Å². The number of anilines is 1. The average Bonchev–Trinajstić information content (AvgIpc) is 3.24. The first-order valence-electron chi connectivity index (χ1n) is 7.22. The maximum Gasteiger partial charge on any atom is 0.226 e. The molecule has 1 aromatic carbocycles. The van der Waals surface area contributed by atoms with E-state index >= 15 is 0 Å². The van der Waals surface area contributed by atoms with Crippen LogP contribution in [0.1, 0.15) is 17.7 Å². The zero-order valence-electron chi connectivity index (χ0n) is 12.6. The van der Waals surface area contributed by atoms with E-state index in [9.17, 15) is 9.18 Å². The molecule has 24 heavy (non-hydrogen) atoms. The summed E-state index contributed by atoms with van der Waals surface area (Å²) in [5.41, 5.74) is 1.00. The van der Waals surface area contributed by atoms with Crippen LogP contribution < -0.4 is 5.32 Å². The molecule has 0 spiro atoms. The van der Waals surface area contributed by atoms with Gasteiger partial charge in [0.15, 0.2) is 4.34 Å². The number of rotatable bonds is 7. The van der Waals surface area contributed by atoms with Crippen molar-refractivity contribution in [2.24, 2.45) is 0 Å². The Labute approximate surface area is 146 Å². The van der Waals surface area contributed by atoms with Gasteiger partial charge in [-0.25, -0.2) is 4.39 Å². The average molecular weight is 363 g/mol. The van der Waals surface area contributed by atoms with Crippen LogP contribution >= 0.6 is 23.1 Å². The van der Waals surface area contributed by atoms with Crippen LogP contribution in [0.3, 0.4) is 0 Å². The molecule has 3 aromatic rings. The Morgan fingerprint density at radius 3 is 2.83 bits per heavy atom. The zero-order chi connectivity index (χ0) is 16.8. The minimum Gasteiger partial charge on any atom is -0.469 e. The molecule has 0 aliphatic rings. The molecule has 1 amide bonds. The van der Waals surface area contributed by atoms with Gasteiger partial charge in [0.25, 0.3) is 0 Å². The van der Waals surface area contributed by atoms with Crippen molar-refractivity contribution in [2.75, 3.05) is 5.32 Å². The molecule has 5 nitrogen and oxygen atoms in total. The number of nitrogens with zero attached hydrogens (tertiary/aromatic N) is 2. The Morgan fingerprint density at radius 2 is 2.08 bits per heavy atom. The molecule has 124 valence electrons. The molecular weight excluding hydrogens is 349 g/mol. The van der Waals surface area contributed by atoms with Gasteiger partial charge in [-0.2, -0.15) is 0 Å². The highest BCUT2D eigenvalue weighted by molar-refractivity contribution is 8.00. The molecule has 0 bridgehead atoms. The molecule has 0 saturated carbocycles. The van der Waals surface area contributed by atoms with Crippen molar-refractivity contribution in [1.82, 2.24) is 10.2 Å². The number of thioether (sulfide) groups is 1. The van der Waals surface area contributed by atoms with E-state index < -0.39 is 0 Å². The number of benzene rings is 1. The summed E-state index contributed by atoms with van der Waals surface area (Å²) in [6, 6.07) is 9.97. The molecule has 0 aliphatic carbocycles. The van der Waals surface area contributed by atoms with Crippen molar-refractivity contribution in [3.63, 3.8) is 0 Å². The van der Waals surface area contributed by atoms with Gasteiger partial charge in [0, 0.05) is 18.6 Å². The van der Waals surface area contributed by atoms with Crippen molar-refractivity contribution in [3.8, 4) is 0 Å². The van der Waals surface area contributed by atoms with Gasteiger partial charge in [-0.1, -0.05) is 35.2 Å². The lowest BCUT2D eigenvalue weighted by Gasteiger charge is -1.99. The van der Waals surface area contributed by atoms with Crippen LogP contribution in [0.2, 0.25) is 0 Å². The van der Waals surface area contributed by atoms with E-state index in [0.717, 1.165) is 15.7 Å². The number of carbonyl (C=O) groups excluding carboxylic acids is 1. The number of halogens is 1. The summed E-state index contributed by atoms with van der Waals surface area (Å²) >= 11 is 2.81. The Kier molecular flexibility index (Phi) is 5.60. The van der Waals surface area contributed by atoms with Gasteiger partial charge in [-0.05, 0) is 29.8 Å². The second-order valence-corrected chi connectivity index (χ2v) is 7.12. The fourth-order valence-electron chi connectivity index (χ4n) is 1.92. The highest BCUT2D eigenvalue weighted by Crippen LogP contribution is 2.28. The summed E-state index contributed by atoms with van der Waals surface area (Å²) in [5.74, 6) is 1.07. The van der Waals surface area contributed by atoms with Gasteiger partial charge in [-0.3, -0.25) is 4.79 Å². The van der Waals surface area contributed by atoms with Gasteiger partial charge >= 0.3 is 0 Å². The van der Waals surface area contributed by atoms with Gasteiger partial charge < -0.3 is 9.73 Å². The SMILES string of the molecule is O=C(CCc1ccco1)Nc1nnc(SCc2ccc(F)cc2)s1. The van der Waals surface area contributed by atoms with Crippen LogP contribution in [-0.4, -0.2) is 16.1 Å². The number of hydrogen-bond acceptors (Lipinski definition) is 6. The Morgan fingerprint density at radius 1 is 1.25 bits per heavy atom. The lowest BCUT2D eigenvalue weighted by atomic mass is 10.2. The molecule has 8 heteroatoms. The largest absolute Gasteiger partial charge is 0.469 e. The summed E-state index contributed by atoms with van der Waals surface area (Å²) in [6.45, 7) is 0. The lowest BCUT2D eigenvalue weighted by molar-refractivity contribution is -0.116. The number of furan rings is 1. The molecule has 2 aromatic heterocycles. The molecule has 1 N–H and O–H groups in total. The van der Waals surface area contributed by atoms with E-state index in [1.54, 1.807) is 24.5 Å². The monoisotopic (exact) mass is 363 g/mol. The molecule has 2 heterocycles. The highest BCUT2D eigenvalue weighted by atomic mass is 32.2. The third-order valence-electron chi connectivity index (χ3n) is 3.11. The maximum absolute atomic E-state index is 12.9. The van der Waals surface area contributed by atoms with E-state index in [0.29, 0.717) is 23.7 Å². The standard InChI is InChI=1S/C16H14FN3O2S2/c17-12-5-3-11(4-6-12)10-23-16-20-19-15(24-16)18-14(21)8-7-13-2-1-9-22-13/h1-6,9H,7-8,10H2,(H,18,19,21). The smallest absolute Gasteiger partial charge is 0.226 e. The van der Waals surface area contributed by atoms with Gasteiger partial charge in [0.05, 0.1) is 6.26 Å². The van der Waals surface area contributed by atoms with Crippen LogP contribution in [0.5, 0.6) is 0 Å². The maximum atomic E-state index is 12.9. The number of carbonyl (C=O) groups is 1. The summed E-state index contributed by atoms with van der Waals surface area (Å²) in [6.07, 6.45) is 2.46. The Hall–Kier alpha value is -2.19. The normalized spacial score (nSPS) is 10.7. The van der Waals surface area contributed by atoms with Crippen LogP contribution in [0.15, 0.2) is 51.4 Å². The minimum absolute atomic E-state index is 0.127. The minimum atomic E-state index is -0.251. The predicted octanol–water partition coefficient (Wildman–Crippen LogP) is 4.13. The van der Waals surface area contributed by atoms with Crippen LogP contribution in [0.25, 0.3) is 0 Å². The van der Waals surface area contributed by atoms with Crippen molar-refractivity contribution in [1.29, 1.82) is 0 Å². The fraction of sp³-hybridized carbons (Fsp3) is 0.188. The molecular formula is C16H14FN3O2S2. The van der Waals surface area contributed by atoms with E-state index in [1.807, 2.05) is 6.07 Å². The van der Waals surface area contributed by atoms with E-state index in [1.165, 1.54) is 35.2 Å². The highest BCUT2D eigenvalue weighted by Gasteiger charge is 2.10. The van der Waals surface area contributed by atoms with E-state index in [4.69, 9.17) is 4.42 Å². The molecule has 3 rings (SSSR count). The first-order chi connectivity index (χ1) is 11.7. The van der Waals surface area contributed by atoms with Gasteiger partial charge in [0.2, 0.25) is 11.0 Å². The number of hydrogen-bond donors (Lipinski definition) is 1. The summed E-state index contributed by atoms with van der Waals surface area (Å²) in [7, 11) is 0. The van der Waals surface area contributed by atoms with Crippen LogP contribution in [0.4, 0.5) is 9.52 Å². The van der Waals surface area contributed by atoms with Crippen molar-refractivity contribution in [2.45, 2.75) is 22.9 Å². The van der Waals surface area contributed by atoms with Crippen LogP contribution in [0, 0.1) is 5.82 Å². The quantitative estimate of drug-likeness (QED) is 0.505. The van der Waals surface area contributed by atoms with Gasteiger partial charge in [-0.15, -0.1) is 10.2 Å². The fourth-order valence-corrected chi connectivity index (χ4v) is 3.64. The van der Waals surface area contributed by atoms with Crippen molar-refractivity contribution < 1.29 is 13.6 Å². The third kappa shape index (κ3) is 4.90. The molecule has 0 atom stereocenters. The topological polar surface area (TPSA) is 68.0 Å². The first-order valence-corrected chi connectivity index (χ1v) is 9.02. The predicted molar refractivity (Wildman–Crippen MR) is 91.5 cm³/mol.